The minimum absolute atomic E-state index is 0. The van der Waals surface area contributed by atoms with Crippen LogP contribution in [0.3, 0.4) is 0 Å². The molecule has 0 spiro atoms. The predicted molar refractivity (Wildman–Crippen MR) is 135 cm³/mol. The molecule has 0 atom stereocenters. The number of halogens is 2. The number of anilines is 4. The van der Waals surface area contributed by atoms with Crippen LogP contribution in [0.1, 0.15) is 20.7 Å². The summed E-state index contributed by atoms with van der Waals surface area (Å²) in [5.41, 5.74) is 0.702. The van der Waals surface area contributed by atoms with E-state index in [0.717, 1.165) is 8.84 Å². The van der Waals surface area contributed by atoms with Crippen LogP contribution >= 0.6 is 23.6 Å². The zero-order valence-corrected chi connectivity index (χ0v) is 25.9. The summed E-state index contributed by atoms with van der Waals surface area (Å²) in [4.78, 5) is 22.2. The summed E-state index contributed by atoms with van der Waals surface area (Å²) in [6.45, 7) is 0. The number of rotatable bonds is 6. The summed E-state index contributed by atoms with van der Waals surface area (Å²) >= 11 is 12.1. The Kier molecular flexibility index (Phi) is 14.1. The third-order valence-corrected chi connectivity index (χ3v) is 5.55. The molecule has 8 nitrogen and oxygen atoms in total. The van der Waals surface area contributed by atoms with Gasteiger partial charge in [0.2, 0.25) is 0 Å². The second kappa shape index (κ2) is 15.9. The van der Waals surface area contributed by atoms with Crippen molar-refractivity contribution in [1.82, 2.24) is 0 Å². The van der Waals surface area contributed by atoms with Crippen molar-refractivity contribution < 1.29 is 89.1 Å². The molecule has 4 aromatic carbocycles. The van der Waals surface area contributed by atoms with Crippen molar-refractivity contribution >= 4 is 58.2 Å². The smallest absolute Gasteiger partial charge is 0.871 e. The van der Waals surface area contributed by atoms with Gasteiger partial charge in [-0.1, -0.05) is 72.2 Å². The fourth-order valence-electron chi connectivity index (χ4n) is 3.17. The Labute approximate surface area is 273 Å². The van der Waals surface area contributed by atoms with Crippen molar-refractivity contribution in [2.24, 2.45) is 0 Å². The van der Waals surface area contributed by atoms with Crippen LogP contribution in [-0.2, 0) is 0 Å². The SMILES string of the molecule is O=C(O)c1cccc([O-])c1N(Cl)c1ccccc1.O=C(O)c1cccc([O-])c1N(Cl)c1ccccc1.[Na+].[Na+]. The van der Waals surface area contributed by atoms with Gasteiger partial charge >= 0.3 is 71.1 Å². The summed E-state index contributed by atoms with van der Waals surface area (Å²) < 4.78 is 2.12. The van der Waals surface area contributed by atoms with Crippen molar-refractivity contribution in [3.05, 3.63) is 108 Å². The molecule has 0 bridgehead atoms. The molecule has 0 heterocycles. The Morgan fingerprint density at radius 3 is 1.16 bits per heavy atom. The molecule has 0 unspecified atom stereocenters. The van der Waals surface area contributed by atoms with Crippen molar-refractivity contribution in [2.45, 2.75) is 0 Å². The number of hydrogen-bond acceptors (Lipinski definition) is 6. The monoisotopic (exact) mass is 570 g/mol. The van der Waals surface area contributed by atoms with Gasteiger partial charge in [0, 0.05) is 23.6 Å². The maximum Gasteiger partial charge on any atom is 1.00 e. The second-order valence-corrected chi connectivity index (χ2v) is 7.82. The number of carbonyl (C=O) groups is 2. The largest absolute Gasteiger partial charge is 1.00 e. The first-order chi connectivity index (χ1) is 17.2. The fourth-order valence-corrected chi connectivity index (χ4v) is 3.74. The van der Waals surface area contributed by atoms with Crippen molar-refractivity contribution in [3.8, 4) is 11.5 Å². The van der Waals surface area contributed by atoms with Crippen LogP contribution in [0.4, 0.5) is 22.7 Å². The first-order valence-electron chi connectivity index (χ1n) is 10.3. The van der Waals surface area contributed by atoms with Crippen molar-refractivity contribution in [2.75, 3.05) is 8.84 Å². The van der Waals surface area contributed by atoms with Crippen LogP contribution in [0.5, 0.6) is 11.5 Å². The Morgan fingerprint density at radius 2 is 0.868 bits per heavy atom. The first kappa shape index (κ1) is 33.6. The van der Waals surface area contributed by atoms with Gasteiger partial charge in [0.1, 0.15) is 0 Å². The maximum absolute atomic E-state index is 11.8. The quantitative estimate of drug-likeness (QED) is 0.235. The van der Waals surface area contributed by atoms with Crippen LogP contribution < -0.4 is 78.2 Å². The molecule has 184 valence electrons. The summed E-state index contributed by atoms with van der Waals surface area (Å²) in [6, 6.07) is 25.4. The summed E-state index contributed by atoms with van der Waals surface area (Å²) in [5.74, 6) is -3.25. The van der Waals surface area contributed by atoms with E-state index in [1.54, 1.807) is 60.7 Å². The summed E-state index contributed by atoms with van der Waals surface area (Å²) in [7, 11) is 0. The van der Waals surface area contributed by atoms with Gasteiger partial charge in [-0.2, -0.15) is 0 Å². The average molecular weight is 571 g/mol. The fraction of sp³-hybridized carbons (Fsp3) is 0. The molecule has 0 aliphatic heterocycles. The van der Waals surface area contributed by atoms with Crippen LogP contribution in [0.15, 0.2) is 97.1 Å². The number of benzene rings is 4. The van der Waals surface area contributed by atoms with Gasteiger partial charge in [0.05, 0.1) is 33.9 Å². The molecule has 38 heavy (non-hydrogen) atoms. The summed E-state index contributed by atoms with van der Waals surface area (Å²) in [5, 5.41) is 41.7. The third-order valence-electron chi connectivity index (χ3n) is 4.82. The third kappa shape index (κ3) is 8.30. The number of hydrogen-bond donors (Lipinski definition) is 2. The molecular weight excluding hydrogens is 553 g/mol. The topological polar surface area (TPSA) is 127 Å². The molecule has 0 radical (unpaired) electrons. The molecule has 2 N–H and O–H groups in total. The number of nitrogens with zero attached hydrogens (tertiary/aromatic N) is 2. The Hall–Kier alpha value is -2.40. The van der Waals surface area contributed by atoms with E-state index in [9.17, 15) is 19.8 Å². The van der Waals surface area contributed by atoms with E-state index in [4.69, 9.17) is 33.8 Å². The zero-order valence-electron chi connectivity index (χ0n) is 20.4. The molecule has 0 amide bonds. The minimum Gasteiger partial charge on any atom is -0.871 e. The molecule has 0 fully saturated rings. The second-order valence-electron chi connectivity index (χ2n) is 7.15. The van der Waals surface area contributed by atoms with E-state index < -0.39 is 23.4 Å². The molecule has 0 aromatic heterocycles. The Morgan fingerprint density at radius 1 is 0.553 bits per heavy atom. The molecule has 0 saturated heterocycles. The molecule has 12 heteroatoms. The standard InChI is InChI=1S/2C13H10ClNO3.2Na/c2*14-15(9-5-2-1-3-6-9)12-10(13(17)18)7-4-8-11(12)16;;/h2*1-8,16H,(H,17,18);;/q;;2*+1/p-2. The minimum atomic E-state index is -1.19. The number of carboxylic acids is 2. The van der Waals surface area contributed by atoms with Gasteiger partial charge < -0.3 is 20.4 Å². The molecule has 4 aromatic rings. The maximum atomic E-state index is 11.8. The predicted octanol–water partition coefficient (Wildman–Crippen LogP) is -0.491. The number of carboxylic acid groups (broad SMARTS) is 2. The molecular formula is C26H18Cl2N2Na2O6. The van der Waals surface area contributed by atoms with Crippen molar-refractivity contribution in [3.63, 3.8) is 0 Å². The Bertz CT molecular complexity index is 1260. The van der Waals surface area contributed by atoms with Gasteiger partial charge in [-0.05, 0) is 36.4 Å². The van der Waals surface area contributed by atoms with Gasteiger partial charge in [-0.15, -0.1) is 0 Å². The zero-order chi connectivity index (χ0) is 26.2. The van der Waals surface area contributed by atoms with E-state index >= 15 is 0 Å². The average Bonchev–Trinajstić information content (AvgIpc) is 2.89. The van der Waals surface area contributed by atoms with Crippen molar-refractivity contribution in [1.29, 1.82) is 0 Å². The summed E-state index contributed by atoms with van der Waals surface area (Å²) in [6.07, 6.45) is 0. The van der Waals surface area contributed by atoms with E-state index in [0.29, 0.717) is 11.4 Å². The normalized spacial score (nSPS) is 9.53. The van der Waals surface area contributed by atoms with Crippen LogP contribution in [0.2, 0.25) is 0 Å². The number of para-hydroxylation sites is 4. The van der Waals surface area contributed by atoms with Gasteiger partial charge in [0.25, 0.3) is 0 Å². The van der Waals surface area contributed by atoms with E-state index in [-0.39, 0.29) is 81.6 Å². The van der Waals surface area contributed by atoms with Gasteiger partial charge in [0.15, 0.2) is 0 Å². The molecule has 0 saturated carbocycles. The van der Waals surface area contributed by atoms with Gasteiger partial charge in [-0.3, -0.25) is 8.84 Å². The van der Waals surface area contributed by atoms with E-state index in [1.807, 2.05) is 0 Å². The first-order valence-corrected chi connectivity index (χ1v) is 11.0. The van der Waals surface area contributed by atoms with Crippen LogP contribution in [-0.4, -0.2) is 22.2 Å². The van der Waals surface area contributed by atoms with E-state index in [1.165, 1.54) is 36.4 Å². The van der Waals surface area contributed by atoms with Crippen LogP contribution in [0, 0.1) is 0 Å². The van der Waals surface area contributed by atoms with Crippen LogP contribution in [0.25, 0.3) is 0 Å². The molecule has 0 aliphatic carbocycles. The van der Waals surface area contributed by atoms with Gasteiger partial charge in [-0.25, -0.2) is 9.59 Å². The Balaban J connectivity index is 0.000000361. The number of aromatic carboxylic acids is 2. The molecule has 4 rings (SSSR count). The molecule has 0 aliphatic rings. The van der Waals surface area contributed by atoms with E-state index in [2.05, 4.69) is 0 Å².